The smallest absolute Gasteiger partial charge is 0.226 e. The number of aryl methyl sites for hydroxylation is 2. The van der Waals surface area contributed by atoms with Gasteiger partial charge < -0.3 is 19.5 Å². The number of hydrogen-bond acceptors (Lipinski definition) is 7. The summed E-state index contributed by atoms with van der Waals surface area (Å²) in [5.74, 6) is 1.96. The van der Waals surface area contributed by atoms with Crippen molar-refractivity contribution in [2.75, 3.05) is 26.6 Å². The lowest BCUT2D eigenvalue weighted by molar-refractivity contribution is -0.116. The molecule has 0 fully saturated rings. The van der Waals surface area contributed by atoms with Gasteiger partial charge in [0.1, 0.15) is 5.82 Å². The standard InChI is InChI=1S/C24H24N4O4S/c1-12-6-7-16-19(8-12)33-24(25-16)28-23-21(13(2)27-28)15(11-20(29)26-23)14-9-17(30-3)22(32-5)18(10-14)31-4/h6-10,15H,11H2,1-5H3,(H,26,29). The average molecular weight is 465 g/mol. The van der Waals surface area contributed by atoms with Gasteiger partial charge in [0.25, 0.3) is 0 Å². The van der Waals surface area contributed by atoms with E-state index in [9.17, 15) is 4.79 Å². The highest BCUT2D eigenvalue weighted by atomic mass is 32.1. The minimum atomic E-state index is -0.215. The Morgan fingerprint density at radius 3 is 2.45 bits per heavy atom. The van der Waals surface area contributed by atoms with E-state index in [0.29, 0.717) is 28.2 Å². The number of nitrogens with zero attached hydrogens (tertiary/aromatic N) is 3. The summed E-state index contributed by atoms with van der Waals surface area (Å²) in [5, 5.41) is 8.51. The van der Waals surface area contributed by atoms with Gasteiger partial charge in [-0.2, -0.15) is 9.78 Å². The van der Waals surface area contributed by atoms with Crippen molar-refractivity contribution in [3.63, 3.8) is 0 Å². The molecule has 2 aromatic carbocycles. The maximum absolute atomic E-state index is 12.8. The van der Waals surface area contributed by atoms with Crippen LogP contribution in [0, 0.1) is 13.8 Å². The van der Waals surface area contributed by atoms with Crippen LogP contribution in [0.25, 0.3) is 15.3 Å². The molecule has 0 saturated carbocycles. The van der Waals surface area contributed by atoms with Gasteiger partial charge in [0.2, 0.25) is 16.8 Å². The molecule has 170 valence electrons. The highest BCUT2D eigenvalue weighted by Crippen LogP contribution is 2.46. The van der Waals surface area contributed by atoms with E-state index >= 15 is 0 Å². The molecule has 8 nitrogen and oxygen atoms in total. The number of aromatic nitrogens is 3. The first-order valence-corrected chi connectivity index (χ1v) is 11.3. The second-order valence-corrected chi connectivity index (χ2v) is 9.00. The van der Waals surface area contributed by atoms with Crippen LogP contribution < -0.4 is 19.5 Å². The Balaban J connectivity index is 1.66. The van der Waals surface area contributed by atoms with Gasteiger partial charge in [-0.05, 0) is 49.2 Å². The summed E-state index contributed by atoms with van der Waals surface area (Å²) in [4.78, 5) is 17.6. The number of benzene rings is 2. The predicted octanol–water partition coefficient (Wildman–Crippen LogP) is 4.60. The van der Waals surface area contributed by atoms with Gasteiger partial charge in [-0.25, -0.2) is 4.98 Å². The number of fused-ring (bicyclic) bond motifs is 2. The molecule has 1 atom stereocenters. The lowest BCUT2D eigenvalue weighted by atomic mass is 9.85. The first kappa shape index (κ1) is 21.3. The summed E-state index contributed by atoms with van der Waals surface area (Å²) in [6, 6.07) is 9.94. The Hall–Kier alpha value is -3.59. The normalized spacial score (nSPS) is 15.3. The van der Waals surface area contributed by atoms with Crippen LogP contribution in [-0.2, 0) is 4.79 Å². The largest absolute Gasteiger partial charge is 0.493 e. The van der Waals surface area contributed by atoms with E-state index < -0.39 is 0 Å². The monoisotopic (exact) mass is 464 g/mol. The lowest BCUT2D eigenvalue weighted by Gasteiger charge is -2.25. The molecule has 0 bridgehead atoms. The van der Waals surface area contributed by atoms with E-state index in [1.54, 1.807) is 37.3 Å². The van der Waals surface area contributed by atoms with E-state index in [1.807, 2.05) is 31.2 Å². The number of ether oxygens (including phenoxy) is 3. The quantitative estimate of drug-likeness (QED) is 0.465. The third-order valence-electron chi connectivity index (χ3n) is 5.91. The Bertz CT molecular complexity index is 1370. The number of thiazole rings is 1. The van der Waals surface area contributed by atoms with Gasteiger partial charge in [0.05, 0.1) is 37.2 Å². The van der Waals surface area contributed by atoms with E-state index in [2.05, 4.69) is 18.3 Å². The minimum absolute atomic E-state index is 0.0839. The molecule has 0 aliphatic carbocycles. The van der Waals surface area contributed by atoms with Crippen LogP contribution in [0.1, 0.15) is 34.7 Å². The summed E-state index contributed by atoms with van der Waals surface area (Å²) in [7, 11) is 4.73. The Morgan fingerprint density at radius 1 is 1.06 bits per heavy atom. The highest BCUT2D eigenvalue weighted by Gasteiger charge is 2.34. The molecule has 5 rings (SSSR count). The van der Waals surface area contributed by atoms with Gasteiger partial charge in [-0.1, -0.05) is 17.4 Å². The average Bonchev–Trinajstić information content (AvgIpc) is 3.37. The third-order valence-corrected chi connectivity index (χ3v) is 6.90. The second kappa shape index (κ2) is 8.08. The summed E-state index contributed by atoms with van der Waals surface area (Å²) < 4.78 is 19.4. The molecule has 0 spiro atoms. The molecule has 0 radical (unpaired) electrons. The van der Waals surface area contributed by atoms with E-state index in [1.165, 1.54) is 5.56 Å². The van der Waals surface area contributed by atoms with Crippen molar-refractivity contribution in [2.45, 2.75) is 26.2 Å². The first-order valence-electron chi connectivity index (χ1n) is 10.5. The SMILES string of the molecule is COc1cc(C2CC(=O)Nc3c2c(C)nn3-c2nc3ccc(C)cc3s2)cc(OC)c1OC. The van der Waals surface area contributed by atoms with Crippen molar-refractivity contribution >= 4 is 33.3 Å². The summed E-state index contributed by atoms with van der Waals surface area (Å²) >= 11 is 1.55. The van der Waals surface area contributed by atoms with E-state index in [4.69, 9.17) is 24.3 Å². The summed E-state index contributed by atoms with van der Waals surface area (Å²) in [5.41, 5.74) is 4.76. The van der Waals surface area contributed by atoms with Crippen LogP contribution in [-0.4, -0.2) is 42.0 Å². The van der Waals surface area contributed by atoms with Crippen LogP contribution in [0.2, 0.25) is 0 Å². The molecular formula is C24H24N4O4S. The molecule has 1 aliphatic heterocycles. The lowest BCUT2D eigenvalue weighted by Crippen LogP contribution is -2.25. The van der Waals surface area contributed by atoms with E-state index in [0.717, 1.165) is 27.0 Å². The van der Waals surface area contributed by atoms with Crippen molar-refractivity contribution in [3.8, 4) is 22.4 Å². The molecule has 1 aliphatic rings. The molecule has 0 saturated heterocycles. The topological polar surface area (TPSA) is 87.5 Å². The van der Waals surface area contributed by atoms with Gasteiger partial charge in [0.15, 0.2) is 11.5 Å². The molecule has 3 heterocycles. The number of hydrogen-bond donors (Lipinski definition) is 1. The minimum Gasteiger partial charge on any atom is -0.493 e. The number of amides is 1. The number of rotatable bonds is 5. The number of methoxy groups -OCH3 is 3. The first-order chi connectivity index (χ1) is 15.9. The van der Waals surface area contributed by atoms with Crippen LogP contribution in [0.4, 0.5) is 5.82 Å². The predicted molar refractivity (Wildman–Crippen MR) is 127 cm³/mol. The van der Waals surface area contributed by atoms with Crippen molar-refractivity contribution in [1.29, 1.82) is 0 Å². The van der Waals surface area contributed by atoms with Crippen molar-refractivity contribution in [2.24, 2.45) is 0 Å². The molecule has 4 aromatic rings. The summed E-state index contributed by atoms with van der Waals surface area (Å²) in [6.45, 7) is 4.01. The molecule has 33 heavy (non-hydrogen) atoms. The van der Waals surface area contributed by atoms with Crippen molar-refractivity contribution < 1.29 is 19.0 Å². The highest BCUT2D eigenvalue weighted by molar-refractivity contribution is 7.20. The number of carbonyl (C=O) groups is 1. The fraction of sp³-hybridized carbons (Fsp3) is 0.292. The van der Waals surface area contributed by atoms with Crippen molar-refractivity contribution in [1.82, 2.24) is 14.8 Å². The fourth-order valence-electron chi connectivity index (χ4n) is 4.38. The zero-order valence-electron chi connectivity index (χ0n) is 19.1. The van der Waals surface area contributed by atoms with Gasteiger partial charge in [0, 0.05) is 17.9 Å². The van der Waals surface area contributed by atoms with E-state index in [-0.39, 0.29) is 18.2 Å². The maximum Gasteiger partial charge on any atom is 0.226 e. The Labute approximate surface area is 195 Å². The second-order valence-electron chi connectivity index (χ2n) is 7.99. The molecule has 1 N–H and O–H groups in total. The molecule has 2 aromatic heterocycles. The summed E-state index contributed by atoms with van der Waals surface area (Å²) in [6.07, 6.45) is 0.289. The number of carbonyl (C=O) groups excluding carboxylic acids is 1. The Kier molecular flexibility index (Phi) is 5.20. The third kappa shape index (κ3) is 3.48. The molecule has 9 heteroatoms. The molecule has 1 amide bonds. The van der Waals surface area contributed by atoms with Crippen LogP contribution >= 0.6 is 11.3 Å². The van der Waals surface area contributed by atoms with Crippen LogP contribution in [0.5, 0.6) is 17.2 Å². The van der Waals surface area contributed by atoms with Gasteiger partial charge >= 0.3 is 0 Å². The van der Waals surface area contributed by atoms with Crippen molar-refractivity contribution in [3.05, 3.63) is 52.7 Å². The number of nitrogens with one attached hydrogen (secondary N) is 1. The molecular weight excluding hydrogens is 440 g/mol. The van der Waals surface area contributed by atoms with Gasteiger partial charge in [-0.3, -0.25) is 4.79 Å². The van der Waals surface area contributed by atoms with Crippen LogP contribution in [0.3, 0.4) is 0 Å². The fourth-order valence-corrected chi connectivity index (χ4v) is 5.41. The van der Waals surface area contributed by atoms with Crippen LogP contribution in [0.15, 0.2) is 30.3 Å². The zero-order valence-corrected chi connectivity index (χ0v) is 19.9. The zero-order chi connectivity index (χ0) is 23.3. The van der Waals surface area contributed by atoms with Gasteiger partial charge in [-0.15, -0.1) is 0 Å². The number of anilines is 1. The Morgan fingerprint density at radius 2 is 1.79 bits per heavy atom. The molecule has 1 unspecified atom stereocenters. The maximum atomic E-state index is 12.8.